The molecule has 0 aromatic heterocycles. The van der Waals surface area contributed by atoms with Gasteiger partial charge < -0.3 is 20.3 Å². The molecule has 0 saturated carbocycles. The molecule has 2 aromatic carbocycles. The number of hydrogen-bond acceptors (Lipinski definition) is 4. The molecular weight excluding hydrogens is 394 g/mol. The highest BCUT2D eigenvalue weighted by Gasteiger charge is 2.30. The van der Waals surface area contributed by atoms with Gasteiger partial charge in [0.2, 0.25) is 5.91 Å². The van der Waals surface area contributed by atoms with Crippen LogP contribution in [0.2, 0.25) is 0 Å². The summed E-state index contributed by atoms with van der Waals surface area (Å²) in [5.41, 5.74) is 5.71. The van der Waals surface area contributed by atoms with Gasteiger partial charge in [-0.15, -0.1) is 0 Å². The quantitative estimate of drug-likeness (QED) is 0.727. The van der Waals surface area contributed by atoms with Crippen molar-refractivity contribution in [2.75, 3.05) is 30.4 Å². The topological polar surface area (TPSA) is 87.7 Å². The standard InChI is InChI=1S/C24H27N3O4/c1-15-6-3-4-8-19(15)20(31-2)14-25-23(29)24(30)26-18-12-16-7-5-11-27-21(28)10-9-17(13-18)22(16)27/h3-4,6,8,12-13,20H,5,7,9-11,14H2,1-2H3,(H,25,29)(H,26,30). The minimum absolute atomic E-state index is 0.158. The van der Waals surface area contributed by atoms with Gasteiger partial charge in [0.05, 0.1) is 11.8 Å². The first kappa shape index (κ1) is 21.1. The summed E-state index contributed by atoms with van der Waals surface area (Å²) in [5.74, 6) is -1.27. The van der Waals surface area contributed by atoms with Crippen molar-refractivity contribution in [3.63, 3.8) is 0 Å². The number of amides is 3. The van der Waals surface area contributed by atoms with E-state index in [0.717, 1.165) is 47.3 Å². The molecule has 0 spiro atoms. The van der Waals surface area contributed by atoms with E-state index in [2.05, 4.69) is 10.6 Å². The van der Waals surface area contributed by atoms with Gasteiger partial charge in [-0.25, -0.2) is 0 Å². The van der Waals surface area contributed by atoms with Gasteiger partial charge in [0.15, 0.2) is 0 Å². The number of anilines is 2. The Labute approximate surface area is 181 Å². The van der Waals surface area contributed by atoms with Crippen LogP contribution in [0, 0.1) is 6.92 Å². The van der Waals surface area contributed by atoms with Gasteiger partial charge in [0, 0.05) is 32.3 Å². The van der Waals surface area contributed by atoms with Gasteiger partial charge in [-0.2, -0.15) is 0 Å². The van der Waals surface area contributed by atoms with Crippen LogP contribution in [0.3, 0.4) is 0 Å². The predicted octanol–water partition coefficient (Wildman–Crippen LogP) is 2.66. The summed E-state index contributed by atoms with van der Waals surface area (Å²) < 4.78 is 5.50. The summed E-state index contributed by atoms with van der Waals surface area (Å²) in [5, 5.41) is 5.38. The first-order valence-corrected chi connectivity index (χ1v) is 10.6. The number of hydrogen-bond donors (Lipinski definition) is 2. The maximum absolute atomic E-state index is 12.5. The van der Waals surface area contributed by atoms with Crippen LogP contribution in [0.25, 0.3) is 0 Å². The van der Waals surface area contributed by atoms with Crippen molar-refractivity contribution in [3.8, 4) is 0 Å². The van der Waals surface area contributed by atoms with Gasteiger partial charge in [0.1, 0.15) is 0 Å². The average molecular weight is 421 g/mol. The van der Waals surface area contributed by atoms with Crippen molar-refractivity contribution >= 4 is 29.1 Å². The highest BCUT2D eigenvalue weighted by Crippen LogP contribution is 2.37. The molecule has 0 bridgehead atoms. The van der Waals surface area contributed by atoms with Gasteiger partial charge in [-0.1, -0.05) is 24.3 Å². The molecule has 3 amide bonds. The van der Waals surface area contributed by atoms with E-state index < -0.39 is 11.8 Å². The first-order valence-electron chi connectivity index (χ1n) is 10.6. The van der Waals surface area contributed by atoms with E-state index in [1.807, 2.05) is 48.2 Å². The number of nitrogens with zero attached hydrogens (tertiary/aromatic N) is 1. The second-order valence-electron chi connectivity index (χ2n) is 8.04. The molecule has 2 N–H and O–H groups in total. The Morgan fingerprint density at radius 2 is 1.84 bits per heavy atom. The zero-order chi connectivity index (χ0) is 22.0. The first-order chi connectivity index (χ1) is 15.0. The SMILES string of the molecule is COC(CNC(=O)C(=O)Nc1cc2c3c(c1)CCC(=O)N3CCC2)c1ccccc1C. The van der Waals surface area contributed by atoms with Crippen LogP contribution in [0.4, 0.5) is 11.4 Å². The molecule has 0 aliphatic carbocycles. The fourth-order valence-corrected chi connectivity index (χ4v) is 4.45. The van der Waals surface area contributed by atoms with Crippen LogP contribution >= 0.6 is 0 Å². The summed E-state index contributed by atoms with van der Waals surface area (Å²) >= 11 is 0. The van der Waals surface area contributed by atoms with Crippen molar-refractivity contribution in [2.45, 2.75) is 38.7 Å². The number of rotatable bonds is 5. The fourth-order valence-electron chi connectivity index (χ4n) is 4.45. The molecule has 4 rings (SSSR count). The number of aryl methyl sites for hydroxylation is 3. The molecule has 0 fully saturated rings. The summed E-state index contributed by atoms with van der Waals surface area (Å²) in [6.45, 7) is 2.92. The number of nitrogens with one attached hydrogen (secondary N) is 2. The minimum Gasteiger partial charge on any atom is -0.375 e. The van der Waals surface area contributed by atoms with E-state index in [9.17, 15) is 14.4 Å². The third-order valence-electron chi connectivity index (χ3n) is 6.01. The Hall–Kier alpha value is -3.19. The number of benzene rings is 2. The van der Waals surface area contributed by atoms with E-state index in [0.29, 0.717) is 18.5 Å². The van der Waals surface area contributed by atoms with Crippen molar-refractivity contribution in [3.05, 3.63) is 58.7 Å². The lowest BCUT2D eigenvalue weighted by atomic mass is 9.91. The van der Waals surface area contributed by atoms with Gasteiger partial charge >= 0.3 is 11.8 Å². The van der Waals surface area contributed by atoms with Gasteiger partial charge in [-0.05, 0) is 60.6 Å². The Morgan fingerprint density at radius 3 is 2.58 bits per heavy atom. The van der Waals surface area contributed by atoms with Crippen molar-refractivity contribution < 1.29 is 19.1 Å². The van der Waals surface area contributed by atoms with Crippen LogP contribution < -0.4 is 15.5 Å². The van der Waals surface area contributed by atoms with Gasteiger partial charge in [-0.3, -0.25) is 14.4 Å². The zero-order valence-corrected chi connectivity index (χ0v) is 17.9. The number of carbonyl (C=O) groups excluding carboxylic acids is 3. The molecule has 7 nitrogen and oxygen atoms in total. The lowest BCUT2D eigenvalue weighted by Gasteiger charge is -2.35. The average Bonchev–Trinajstić information content (AvgIpc) is 2.77. The molecule has 1 atom stereocenters. The van der Waals surface area contributed by atoms with Crippen molar-refractivity contribution in [1.82, 2.24) is 5.32 Å². The van der Waals surface area contributed by atoms with Crippen LogP contribution in [-0.2, 0) is 32.0 Å². The molecule has 0 radical (unpaired) electrons. The molecule has 2 aliphatic rings. The Balaban J connectivity index is 1.42. The van der Waals surface area contributed by atoms with Gasteiger partial charge in [0.25, 0.3) is 0 Å². The maximum Gasteiger partial charge on any atom is 0.313 e. The Kier molecular flexibility index (Phi) is 6.04. The van der Waals surface area contributed by atoms with Crippen molar-refractivity contribution in [1.29, 1.82) is 0 Å². The lowest BCUT2D eigenvalue weighted by molar-refractivity contribution is -0.136. The van der Waals surface area contributed by atoms with Crippen molar-refractivity contribution in [2.24, 2.45) is 0 Å². The second kappa shape index (κ2) is 8.89. The Bertz CT molecular complexity index is 1020. The van der Waals surface area contributed by atoms with E-state index in [4.69, 9.17) is 4.74 Å². The van der Waals surface area contributed by atoms with Crippen LogP contribution in [-0.4, -0.2) is 37.9 Å². The van der Waals surface area contributed by atoms with Crippen LogP contribution in [0.1, 0.15) is 41.2 Å². The minimum atomic E-state index is -0.716. The number of ether oxygens (including phenoxy) is 1. The highest BCUT2D eigenvalue weighted by molar-refractivity contribution is 6.39. The smallest absolute Gasteiger partial charge is 0.313 e. The molecule has 31 heavy (non-hydrogen) atoms. The molecule has 1 unspecified atom stereocenters. The van der Waals surface area contributed by atoms with Crippen LogP contribution in [0.15, 0.2) is 36.4 Å². The third kappa shape index (κ3) is 4.32. The molecule has 2 aliphatic heterocycles. The van der Waals surface area contributed by atoms with E-state index in [1.165, 1.54) is 0 Å². The van der Waals surface area contributed by atoms with E-state index in [-0.39, 0.29) is 18.6 Å². The molecule has 2 aromatic rings. The summed E-state index contributed by atoms with van der Waals surface area (Å²) in [4.78, 5) is 38.9. The highest BCUT2D eigenvalue weighted by atomic mass is 16.5. The zero-order valence-electron chi connectivity index (χ0n) is 17.9. The fraction of sp³-hybridized carbons (Fsp3) is 0.375. The third-order valence-corrected chi connectivity index (χ3v) is 6.01. The molecule has 162 valence electrons. The van der Waals surface area contributed by atoms with E-state index in [1.54, 1.807) is 7.11 Å². The normalized spacial score (nSPS) is 15.8. The predicted molar refractivity (Wildman–Crippen MR) is 118 cm³/mol. The summed E-state index contributed by atoms with van der Waals surface area (Å²) in [6, 6.07) is 11.5. The summed E-state index contributed by atoms with van der Waals surface area (Å²) in [6.07, 6.45) is 2.54. The number of carbonyl (C=O) groups is 3. The molecular formula is C24H27N3O4. The summed E-state index contributed by atoms with van der Waals surface area (Å²) in [7, 11) is 1.58. The molecule has 2 heterocycles. The number of methoxy groups -OCH3 is 1. The molecule has 0 saturated heterocycles. The molecule has 7 heteroatoms. The lowest BCUT2D eigenvalue weighted by Crippen LogP contribution is -2.40. The maximum atomic E-state index is 12.5. The largest absolute Gasteiger partial charge is 0.375 e. The van der Waals surface area contributed by atoms with Crippen LogP contribution in [0.5, 0.6) is 0 Å². The Morgan fingerprint density at radius 1 is 1.10 bits per heavy atom. The van der Waals surface area contributed by atoms with E-state index >= 15 is 0 Å². The second-order valence-corrected chi connectivity index (χ2v) is 8.04. The monoisotopic (exact) mass is 421 g/mol.